The van der Waals surface area contributed by atoms with Gasteiger partial charge < -0.3 is 34.4 Å². The second-order valence-electron chi connectivity index (χ2n) is 13.7. The van der Waals surface area contributed by atoms with Crippen LogP contribution in [0.3, 0.4) is 0 Å². The Bertz CT molecular complexity index is 1630. The van der Waals surface area contributed by atoms with E-state index in [0.29, 0.717) is 29.1 Å². The molecule has 6 rings (SSSR count). The van der Waals surface area contributed by atoms with Gasteiger partial charge in [-0.3, -0.25) is 19.2 Å². The molecule has 2 aromatic rings. The van der Waals surface area contributed by atoms with Crippen LogP contribution in [0.5, 0.6) is 0 Å². The van der Waals surface area contributed by atoms with Crippen molar-refractivity contribution in [2.75, 3.05) is 31.8 Å². The van der Waals surface area contributed by atoms with Crippen LogP contribution in [-0.2, 0) is 33.4 Å². The predicted molar refractivity (Wildman–Crippen MR) is 186 cm³/mol. The van der Waals surface area contributed by atoms with Gasteiger partial charge in [-0.25, -0.2) is 0 Å². The Labute approximate surface area is 297 Å². The summed E-state index contributed by atoms with van der Waals surface area (Å²) in [4.78, 5) is 60.4. The number of carbonyl (C=O) groups excluding carboxylic acids is 4. The number of fused-ring (bicyclic) bond motifs is 2. The van der Waals surface area contributed by atoms with Crippen molar-refractivity contribution in [3.05, 3.63) is 89.5 Å². The number of hydrogen-bond donors (Lipinski definition) is 2. The number of cyclic esters (lactones) is 1. The van der Waals surface area contributed by atoms with Crippen molar-refractivity contribution in [3.8, 4) is 0 Å². The average molecular weight is 706 g/mol. The van der Waals surface area contributed by atoms with Gasteiger partial charge in [-0.1, -0.05) is 80.1 Å². The lowest BCUT2D eigenvalue weighted by Gasteiger charge is -2.39. The van der Waals surface area contributed by atoms with Gasteiger partial charge in [0.2, 0.25) is 11.8 Å². The average Bonchev–Trinajstić information content (AvgIpc) is 3.49. The molecule has 50 heavy (non-hydrogen) atoms. The zero-order valence-corrected chi connectivity index (χ0v) is 29.2. The van der Waals surface area contributed by atoms with Crippen LogP contribution in [0.4, 0.5) is 5.69 Å². The molecule has 0 bridgehead atoms. The van der Waals surface area contributed by atoms with Crippen LogP contribution in [-0.4, -0.2) is 90.4 Å². The van der Waals surface area contributed by atoms with Crippen molar-refractivity contribution in [1.29, 1.82) is 0 Å². The lowest BCUT2D eigenvalue weighted by Crippen LogP contribution is -2.58. The molecule has 2 N–H and O–H groups in total. The van der Waals surface area contributed by atoms with Gasteiger partial charge in [0.1, 0.15) is 23.7 Å². The van der Waals surface area contributed by atoms with Gasteiger partial charge in [0.25, 0.3) is 5.91 Å². The van der Waals surface area contributed by atoms with Crippen molar-refractivity contribution >= 4 is 41.0 Å². The number of allylic oxidation sites excluding steroid dienone is 1. The predicted octanol–water partition coefficient (Wildman–Crippen LogP) is 4.00. The summed E-state index contributed by atoms with van der Waals surface area (Å²) in [6, 6.07) is 13.3. The second kappa shape index (κ2) is 15.1. The van der Waals surface area contributed by atoms with Crippen LogP contribution in [0.1, 0.15) is 44.8 Å². The van der Waals surface area contributed by atoms with E-state index in [9.17, 15) is 24.3 Å². The van der Waals surface area contributed by atoms with Gasteiger partial charge >= 0.3 is 5.97 Å². The molecule has 0 aromatic heterocycles. The molecule has 3 amide bonds. The summed E-state index contributed by atoms with van der Waals surface area (Å²) in [5.41, 5.74) is -0.336. The van der Waals surface area contributed by atoms with Gasteiger partial charge in [-0.05, 0) is 48.6 Å². The number of nitrogens with one attached hydrogen (secondary N) is 1. The number of anilines is 1. The molecule has 8 atom stereocenters. The standard InChI is InChI=1S/C38H44ClN3O8/c1-23(2)20-27(21-43)42-34-36(46)41(26-16-14-25(39)15-17-26)19-9-18-38(34)32(35(42)45)31-29(50-38)12-7-8-13-30(44)40-28(22-48-3)33(49-37(31)47)24-10-5-4-6-11-24/h4-7,9-12,14-18,23,27-29,31-34,43H,8,13,19-22H2,1-3H3,(H,40,44)/b12-7-/t27-,28+,29+,31-,32-,33+,34+,38-/m1/s1. The number of amides is 3. The number of hydrogen-bond acceptors (Lipinski definition) is 8. The Morgan fingerprint density at radius 3 is 2.46 bits per heavy atom. The van der Waals surface area contributed by atoms with Crippen LogP contribution in [0, 0.1) is 17.8 Å². The van der Waals surface area contributed by atoms with E-state index >= 15 is 0 Å². The third-order valence-corrected chi connectivity index (χ3v) is 10.2. The normalized spacial score (nSPS) is 31.2. The van der Waals surface area contributed by atoms with Gasteiger partial charge in [-0.15, -0.1) is 0 Å². The molecule has 0 unspecified atom stereocenters. The first-order valence-electron chi connectivity index (χ1n) is 17.2. The van der Waals surface area contributed by atoms with Gasteiger partial charge in [0.15, 0.2) is 0 Å². The molecule has 11 nitrogen and oxygen atoms in total. The molecule has 1 spiro atoms. The van der Waals surface area contributed by atoms with Crippen molar-refractivity contribution in [3.63, 3.8) is 0 Å². The first-order valence-corrected chi connectivity index (χ1v) is 17.5. The van der Waals surface area contributed by atoms with E-state index < -0.39 is 65.6 Å². The number of carbonyl (C=O) groups is 4. The Morgan fingerprint density at radius 1 is 1.04 bits per heavy atom. The maximum Gasteiger partial charge on any atom is 0.313 e. The van der Waals surface area contributed by atoms with Crippen LogP contribution in [0.25, 0.3) is 0 Å². The van der Waals surface area contributed by atoms with Crippen LogP contribution in [0.2, 0.25) is 5.02 Å². The van der Waals surface area contributed by atoms with E-state index in [2.05, 4.69) is 5.32 Å². The summed E-state index contributed by atoms with van der Waals surface area (Å²) in [5, 5.41) is 14.2. The summed E-state index contributed by atoms with van der Waals surface area (Å²) in [7, 11) is 1.50. The summed E-state index contributed by atoms with van der Waals surface area (Å²) >= 11 is 6.17. The number of ether oxygens (including phenoxy) is 3. The van der Waals surface area contributed by atoms with E-state index in [1.54, 1.807) is 65.6 Å². The Morgan fingerprint density at radius 2 is 1.78 bits per heavy atom. The number of aliphatic hydroxyl groups excluding tert-OH is 1. The molecular formula is C38H44ClN3O8. The smallest absolute Gasteiger partial charge is 0.313 e. The highest BCUT2D eigenvalue weighted by molar-refractivity contribution is 6.30. The maximum absolute atomic E-state index is 14.9. The van der Waals surface area contributed by atoms with Gasteiger partial charge in [0.05, 0.1) is 37.3 Å². The summed E-state index contributed by atoms with van der Waals surface area (Å²) in [6.07, 6.45) is 6.04. The van der Waals surface area contributed by atoms with Crippen molar-refractivity contribution in [2.45, 2.75) is 69.0 Å². The maximum atomic E-state index is 14.9. The molecule has 12 heteroatoms. The summed E-state index contributed by atoms with van der Waals surface area (Å²) in [6.45, 7) is 3.83. The minimum absolute atomic E-state index is 0.0618. The number of benzene rings is 2. The summed E-state index contributed by atoms with van der Waals surface area (Å²) in [5.74, 6) is -4.01. The fraction of sp³-hybridized carbons (Fsp3) is 0.474. The molecule has 2 aromatic carbocycles. The van der Waals surface area contributed by atoms with E-state index in [4.69, 9.17) is 25.8 Å². The highest BCUT2D eigenvalue weighted by atomic mass is 35.5. The highest BCUT2D eigenvalue weighted by Crippen LogP contribution is 2.54. The molecular weight excluding hydrogens is 662 g/mol. The summed E-state index contributed by atoms with van der Waals surface area (Å²) < 4.78 is 18.6. The first-order chi connectivity index (χ1) is 24.1. The lowest BCUT2D eigenvalue weighted by molar-refractivity contribution is -0.163. The van der Waals surface area contributed by atoms with E-state index in [1.165, 1.54) is 12.0 Å². The second-order valence-corrected chi connectivity index (χ2v) is 14.2. The fourth-order valence-corrected chi connectivity index (χ4v) is 8.02. The van der Waals surface area contributed by atoms with E-state index in [1.807, 2.05) is 32.0 Å². The van der Waals surface area contributed by atoms with Gasteiger partial charge in [0, 0.05) is 30.8 Å². The molecule has 0 radical (unpaired) electrons. The largest absolute Gasteiger partial charge is 0.455 e. The Kier molecular flexibility index (Phi) is 10.8. The molecule has 2 fully saturated rings. The number of nitrogens with zero attached hydrogens (tertiary/aromatic N) is 2. The number of aliphatic hydroxyl groups is 1. The topological polar surface area (TPSA) is 135 Å². The number of rotatable bonds is 8. The van der Waals surface area contributed by atoms with Crippen LogP contribution >= 0.6 is 11.6 Å². The molecule has 4 aliphatic heterocycles. The Hall–Kier alpha value is -4.03. The first kappa shape index (κ1) is 35.8. The third kappa shape index (κ3) is 6.71. The van der Waals surface area contributed by atoms with Crippen LogP contribution < -0.4 is 10.2 Å². The minimum atomic E-state index is -1.55. The Balaban J connectivity index is 1.47. The van der Waals surface area contributed by atoms with Crippen molar-refractivity contribution in [1.82, 2.24) is 10.2 Å². The van der Waals surface area contributed by atoms with E-state index in [-0.39, 0.29) is 38.0 Å². The molecule has 4 aliphatic rings. The van der Waals surface area contributed by atoms with Gasteiger partial charge in [-0.2, -0.15) is 0 Å². The fourth-order valence-electron chi connectivity index (χ4n) is 7.90. The SMILES string of the molecule is COC[C@@H]1NC(=O)CC/C=C\[C@@H]2O[C@@]34C=CCN(c5ccc(Cl)cc5)C(=O)[C@@H]3N([C@@H](CO)CC(C)C)C(=O)[C@H]4[C@@H]2C(=O)O[C@H]1c1ccccc1. The zero-order valence-electron chi connectivity index (χ0n) is 28.4. The van der Waals surface area contributed by atoms with E-state index in [0.717, 1.165) is 0 Å². The molecule has 266 valence electrons. The number of likely N-dealkylation sites (tertiary alicyclic amines) is 1. The number of halogens is 1. The molecule has 4 heterocycles. The highest BCUT2D eigenvalue weighted by Gasteiger charge is 2.72. The van der Waals surface area contributed by atoms with Crippen molar-refractivity contribution in [2.24, 2.45) is 17.8 Å². The van der Waals surface area contributed by atoms with Crippen LogP contribution in [0.15, 0.2) is 78.9 Å². The monoisotopic (exact) mass is 705 g/mol. The zero-order chi connectivity index (χ0) is 35.6. The van der Waals surface area contributed by atoms with Crippen molar-refractivity contribution < 1.29 is 38.5 Å². The lowest BCUT2D eigenvalue weighted by atomic mass is 9.77. The molecule has 0 saturated carbocycles. The number of methoxy groups -OCH3 is 1. The molecule has 0 aliphatic carbocycles. The molecule has 2 saturated heterocycles. The third-order valence-electron chi connectivity index (χ3n) is 9.98. The number of esters is 1. The quantitative estimate of drug-likeness (QED) is 0.311. The minimum Gasteiger partial charge on any atom is -0.455 e.